The average molecular weight is 563 g/mol. The van der Waals surface area contributed by atoms with Crippen molar-refractivity contribution in [2.75, 3.05) is 0 Å². The Hall–Kier alpha value is -3.95. The number of nitriles is 1. The van der Waals surface area contributed by atoms with Gasteiger partial charge in [-0.05, 0) is 98.6 Å². The number of aromatic nitrogens is 2. The Kier molecular flexibility index (Phi) is 6.24. The Balaban J connectivity index is 1.36. The minimum absolute atomic E-state index is 0.00173. The van der Waals surface area contributed by atoms with Crippen molar-refractivity contribution in [1.82, 2.24) is 14.7 Å². The molecular weight excluding hydrogens is 532 g/mol. The highest BCUT2D eigenvalue weighted by molar-refractivity contribution is 6.31. The molecule has 0 N–H and O–H groups in total. The van der Waals surface area contributed by atoms with Crippen molar-refractivity contribution in [2.24, 2.45) is 17.8 Å². The number of halogens is 1. The van der Waals surface area contributed by atoms with E-state index in [0.717, 1.165) is 58.9 Å². The molecular formula is C34H31ClN4O2. The van der Waals surface area contributed by atoms with Gasteiger partial charge in [-0.3, -0.25) is 14.5 Å². The number of hydrogen-bond donors (Lipinski definition) is 0. The lowest BCUT2D eigenvalue weighted by Gasteiger charge is -2.56. The van der Waals surface area contributed by atoms with Crippen molar-refractivity contribution in [3.8, 4) is 11.8 Å². The van der Waals surface area contributed by atoms with E-state index in [2.05, 4.69) is 6.07 Å². The molecule has 41 heavy (non-hydrogen) atoms. The number of carbonyl (C=O) groups excluding carboxylic acids is 2. The standard InChI is InChI=1S/C34H31ClN4O2/c1-21-28(32(40)38(33(41)29(21)18-36)19-25-7-5-6-10-30(25)35)14-26-20-39(27-8-3-2-4-9-27)37-31(26)34-15-22-11-23(16-34)13-24(12-22)17-34/h2-10,14,20,22-24H,11-13,15-17,19H2,1H3/b28-14+. The van der Waals surface area contributed by atoms with Crippen LogP contribution in [0.2, 0.25) is 5.02 Å². The fraction of sp³-hybridized carbons (Fsp3) is 0.353. The predicted octanol–water partition coefficient (Wildman–Crippen LogP) is 6.79. The van der Waals surface area contributed by atoms with Gasteiger partial charge in [-0.1, -0.05) is 48.0 Å². The van der Waals surface area contributed by atoms with Crippen LogP contribution < -0.4 is 0 Å². The highest BCUT2D eigenvalue weighted by Crippen LogP contribution is 2.61. The van der Waals surface area contributed by atoms with Crippen molar-refractivity contribution in [3.05, 3.63) is 99.4 Å². The van der Waals surface area contributed by atoms with Crippen LogP contribution in [0, 0.1) is 29.1 Å². The molecule has 7 heteroatoms. The van der Waals surface area contributed by atoms with E-state index in [1.165, 1.54) is 19.3 Å². The summed E-state index contributed by atoms with van der Waals surface area (Å²) in [5, 5.41) is 15.7. The third-order valence-corrected chi connectivity index (χ3v) is 10.1. The Bertz CT molecular complexity index is 1640. The van der Waals surface area contributed by atoms with Gasteiger partial charge in [0.2, 0.25) is 0 Å². The van der Waals surface area contributed by atoms with Crippen LogP contribution in [0.15, 0.2) is 77.5 Å². The molecule has 4 aliphatic carbocycles. The zero-order valence-corrected chi connectivity index (χ0v) is 23.8. The van der Waals surface area contributed by atoms with Crippen LogP contribution >= 0.6 is 11.6 Å². The van der Waals surface area contributed by atoms with Gasteiger partial charge in [0.1, 0.15) is 11.6 Å². The highest BCUT2D eigenvalue weighted by atomic mass is 35.5. The van der Waals surface area contributed by atoms with Crippen molar-refractivity contribution in [1.29, 1.82) is 5.26 Å². The smallest absolute Gasteiger partial charge is 0.269 e. The Morgan fingerprint density at radius 3 is 2.24 bits per heavy atom. The number of rotatable bonds is 5. The second kappa shape index (κ2) is 9.85. The normalized spacial score (nSPS) is 28.1. The summed E-state index contributed by atoms with van der Waals surface area (Å²) in [7, 11) is 0. The van der Waals surface area contributed by atoms with Crippen LogP contribution in [0.1, 0.15) is 62.3 Å². The van der Waals surface area contributed by atoms with Gasteiger partial charge in [0.15, 0.2) is 0 Å². The summed E-state index contributed by atoms with van der Waals surface area (Å²) in [6.07, 6.45) is 11.2. The summed E-state index contributed by atoms with van der Waals surface area (Å²) in [6.45, 7) is 1.69. The van der Waals surface area contributed by atoms with E-state index in [9.17, 15) is 14.9 Å². The van der Waals surface area contributed by atoms with E-state index >= 15 is 0 Å². The van der Waals surface area contributed by atoms with Crippen LogP contribution in [0.25, 0.3) is 11.8 Å². The molecule has 0 radical (unpaired) electrons. The highest BCUT2D eigenvalue weighted by Gasteiger charge is 2.53. The van der Waals surface area contributed by atoms with E-state index in [1.807, 2.05) is 53.4 Å². The van der Waals surface area contributed by atoms with Gasteiger partial charge in [-0.2, -0.15) is 10.4 Å². The Morgan fingerprint density at radius 1 is 0.976 bits per heavy atom. The largest absolute Gasteiger partial charge is 0.271 e. The lowest BCUT2D eigenvalue weighted by molar-refractivity contribution is -0.141. The molecule has 2 aromatic carbocycles. The number of carbonyl (C=O) groups is 2. The van der Waals surface area contributed by atoms with Crippen LogP contribution in [-0.2, 0) is 21.5 Å². The van der Waals surface area contributed by atoms with Gasteiger partial charge < -0.3 is 0 Å². The molecule has 0 unspecified atom stereocenters. The van der Waals surface area contributed by atoms with Crippen LogP contribution in [-0.4, -0.2) is 26.5 Å². The van der Waals surface area contributed by atoms with Crippen molar-refractivity contribution >= 4 is 29.5 Å². The molecule has 2 heterocycles. The second-order valence-electron chi connectivity index (χ2n) is 12.4. The summed E-state index contributed by atoms with van der Waals surface area (Å²) in [4.78, 5) is 28.4. The maximum absolute atomic E-state index is 14.0. The topological polar surface area (TPSA) is 79.0 Å². The third-order valence-electron chi connectivity index (χ3n) is 9.72. The fourth-order valence-corrected chi connectivity index (χ4v) is 8.44. The van der Waals surface area contributed by atoms with Gasteiger partial charge in [0.05, 0.1) is 17.9 Å². The van der Waals surface area contributed by atoms with Crippen molar-refractivity contribution < 1.29 is 9.59 Å². The lowest BCUT2D eigenvalue weighted by atomic mass is 9.48. The number of benzene rings is 2. The summed E-state index contributed by atoms with van der Waals surface area (Å²) < 4.78 is 1.92. The molecule has 4 fully saturated rings. The molecule has 8 rings (SSSR count). The molecule has 1 aliphatic heterocycles. The molecule has 6 nitrogen and oxygen atoms in total. The Morgan fingerprint density at radius 2 is 1.61 bits per heavy atom. The predicted molar refractivity (Wildman–Crippen MR) is 157 cm³/mol. The lowest BCUT2D eigenvalue weighted by Crippen LogP contribution is -2.49. The molecule has 2 amide bonds. The zero-order chi connectivity index (χ0) is 28.3. The third kappa shape index (κ3) is 4.35. The van der Waals surface area contributed by atoms with Gasteiger partial charge in [-0.15, -0.1) is 0 Å². The maximum Gasteiger partial charge on any atom is 0.271 e. The SMILES string of the molecule is CC1=C(C#N)C(=O)N(Cc2ccccc2Cl)C(=O)/C1=C/c1cn(-c2ccccc2)nc1C12CC3CC(CC(C3)C1)C2. The molecule has 0 atom stereocenters. The molecule has 1 aromatic heterocycles. The quantitative estimate of drug-likeness (QED) is 0.253. The van der Waals surface area contributed by atoms with Crippen molar-refractivity contribution in [2.45, 2.75) is 57.4 Å². The summed E-state index contributed by atoms with van der Waals surface area (Å²) in [5.74, 6) is 1.19. The van der Waals surface area contributed by atoms with Crippen molar-refractivity contribution in [3.63, 3.8) is 0 Å². The first-order chi connectivity index (χ1) is 19.8. The Labute approximate surface area is 244 Å². The maximum atomic E-state index is 14.0. The minimum Gasteiger partial charge on any atom is -0.269 e. The monoisotopic (exact) mass is 562 g/mol. The molecule has 206 valence electrons. The summed E-state index contributed by atoms with van der Waals surface area (Å²) >= 11 is 6.38. The van der Waals surface area contributed by atoms with E-state index in [1.54, 1.807) is 25.1 Å². The summed E-state index contributed by atoms with van der Waals surface area (Å²) in [6, 6.07) is 19.2. The number of para-hydroxylation sites is 1. The number of amides is 2. The van der Waals surface area contributed by atoms with Gasteiger partial charge in [0, 0.05) is 27.8 Å². The minimum atomic E-state index is -0.589. The first-order valence-electron chi connectivity index (χ1n) is 14.4. The number of imide groups is 1. The van der Waals surface area contributed by atoms with E-state index < -0.39 is 11.8 Å². The number of hydrogen-bond acceptors (Lipinski definition) is 4. The fourth-order valence-electron chi connectivity index (χ4n) is 8.24. The molecule has 4 bridgehead atoms. The molecule has 5 aliphatic rings. The molecule has 0 saturated heterocycles. The first-order valence-corrected chi connectivity index (χ1v) is 14.8. The van der Waals surface area contributed by atoms with E-state index in [4.69, 9.17) is 16.7 Å². The number of nitrogens with zero attached hydrogens (tertiary/aromatic N) is 4. The molecule has 4 saturated carbocycles. The average Bonchev–Trinajstić information content (AvgIpc) is 3.39. The first kappa shape index (κ1) is 26.0. The van der Waals surface area contributed by atoms with Gasteiger partial charge in [-0.25, -0.2) is 4.68 Å². The second-order valence-corrected chi connectivity index (χ2v) is 12.8. The molecule has 3 aromatic rings. The van der Waals surface area contributed by atoms with Gasteiger partial charge in [0.25, 0.3) is 11.8 Å². The van der Waals surface area contributed by atoms with Crippen LogP contribution in [0.3, 0.4) is 0 Å². The van der Waals surface area contributed by atoms with Crippen LogP contribution in [0.5, 0.6) is 0 Å². The van der Waals surface area contributed by atoms with Crippen LogP contribution in [0.4, 0.5) is 0 Å². The summed E-state index contributed by atoms with van der Waals surface area (Å²) in [5.41, 5.74) is 4.27. The van der Waals surface area contributed by atoms with E-state index in [-0.39, 0.29) is 17.5 Å². The molecule has 0 spiro atoms. The van der Waals surface area contributed by atoms with E-state index in [0.29, 0.717) is 21.7 Å². The zero-order valence-electron chi connectivity index (χ0n) is 23.0. The van der Waals surface area contributed by atoms with Gasteiger partial charge >= 0.3 is 0 Å².